The molecule has 0 fully saturated rings. The molecular formula is C7H17N3O. The molecule has 5 N–H and O–H groups in total. The molecule has 0 aromatic heterocycles. The van der Waals surface area contributed by atoms with Crippen LogP contribution >= 0.6 is 0 Å². The maximum Gasteiger partial charge on any atom is 0.129 e. The van der Waals surface area contributed by atoms with Gasteiger partial charge in [-0.15, -0.1) is 0 Å². The van der Waals surface area contributed by atoms with Crippen LogP contribution in [-0.4, -0.2) is 18.6 Å². The van der Waals surface area contributed by atoms with E-state index in [4.69, 9.17) is 11.5 Å². The average Bonchev–Trinajstić information content (AvgIpc) is 1.85. The Balaban J connectivity index is 2.97. The molecule has 0 amide bonds. The lowest BCUT2D eigenvalue weighted by Crippen LogP contribution is -2.45. The van der Waals surface area contributed by atoms with E-state index in [0.717, 1.165) is 19.4 Å². The highest BCUT2D eigenvalue weighted by Gasteiger charge is 1.94. The van der Waals surface area contributed by atoms with E-state index in [1.807, 2.05) is 0 Å². The highest BCUT2D eigenvalue weighted by Crippen LogP contribution is 1.93. The minimum Gasteiger partial charge on any atom is -0.304 e. The summed E-state index contributed by atoms with van der Waals surface area (Å²) in [6.07, 6.45) is 2.08. The van der Waals surface area contributed by atoms with Gasteiger partial charge in [-0.1, -0.05) is 0 Å². The van der Waals surface area contributed by atoms with E-state index in [9.17, 15) is 4.79 Å². The summed E-state index contributed by atoms with van der Waals surface area (Å²) in [5, 5.41) is 2.86. The van der Waals surface area contributed by atoms with Crippen LogP contribution in [0, 0.1) is 0 Å². The first-order chi connectivity index (χ1) is 5.13. The predicted molar refractivity (Wildman–Crippen MR) is 44.7 cm³/mol. The Hall–Kier alpha value is -0.450. The van der Waals surface area contributed by atoms with E-state index in [1.54, 1.807) is 6.92 Å². The lowest BCUT2D eigenvalue weighted by Gasteiger charge is -2.06. The number of hydrogen-bond acceptors (Lipinski definition) is 4. The summed E-state index contributed by atoms with van der Waals surface area (Å²) in [6, 6.07) is 0. The van der Waals surface area contributed by atoms with E-state index >= 15 is 0 Å². The molecular weight excluding hydrogens is 142 g/mol. The molecule has 0 spiro atoms. The van der Waals surface area contributed by atoms with Gasteiger partial charge >= 0.3 is 0 Å². The van der Waals surface area contributed by atoms with Crippen molar-refractivity contribution in [2.75, 3.05) is 6.54 Å². The van der Waals surface area contributed by atoms with Gasteiger partial charge in [-0.3, -0.25) is 5.32 Å². The summed E-state index contributed by atoms with van der Waals surface area (Å²) in [4.78, 5) is 10.5. The molecule has 11 heavy (non-hydrogen) atoms. The second kappa shape index (κ2) is 6.27. The van der Waals surface area contributed by atoms with Crippen molar-refractivity contribution in [3.63, 3.8) is 0 Å². The van der Waals surface area contributed by atoms with Crippen LogP contribution in [0.25, 0.3) is 0 Å². The van der Waals surface area contributed by atoms with Gasteiger partial charge in [-0.2, -0.15) is 0 Å². The number of rotatable bonds is 6. The summed E-state index contributed by atoms with van der Waals surface area (Å²) in [5.74, 6) is 0.238. The molecule has 0 rings (SSSR count). The third kappa shape index (κ3) is 9.55. The van der Waals surface area contributed by atoms with E-state index in [-0.39, 0.29) is 5.78 Å². The summed E-state index contributed by atoms with van der Waals surface area (Å²) in [5.41, 5.74) is 10.5. The molecule has 0 saturated carbocycles. The van der Waals surface area contributed by atoms with Gasteiger partial charge < -0.3 is 16.3 Å². The summed E-state index contributed by atoms with van der Waals surface area (Å²) >= 11 is 0. The monoisotopic (exact) mass is 159 g/mol. The zero-order valence-corrected chi connectivity index (χ0v) is 6.97. The van der Waals surface area contributed by atoms with E-state index < -0.39 is 6.29 Å². The first kappa shape index (κ1) is 10.6. The molecule has 0 atom stereocenters. The van der Waals surface area contributed by atoms with Crippen molar-refractivity contribution >= 4 is 5.78 Å². The molecule has 0 bridgehead atoms. The molecule has 0 aliphatic rings. The minimum atomic E-state index is -0.438. The Morgan fingerprint density at radius 3 is 2.55 bits per heavy atom. The fraction of sp³-hybridized carbons (Fsp3) is 0.857. The van der Waals surface area contributed by atoms with Gasteiger partial charge in [0, 0.05) is 6.42 Å². The van der Waals surface area contributed by atoms with Gasteiger partial charge in [-0.25, -0.2) is 0 Å². The Bertz CT molecular complexity index is 114. The quantitative estimate of drug-likeness (QED) is 0.362. The number of hydrogen-bond donors (Lipinski definition) is 3. The van der Waals surface area contributed by atoms with Crippen molar-refractivity contribution < 1.29 is 4.79 Å². The summed E-state index contributed by atoms with van der Waals surface area (Å²) in [6.45, 7) is 2.38. The van der Waals surface area contributed by atoms with Gasteiger partial charge in [0.15, 0.2) is 0 Å². The van der Waals surface area contributed by atoms with Crippen molar-refractivity contribution in [3.05, 3.63) is 0 Å². The van der Waals surface area contributed by atoms with Gasteiger partial charge in [0.05, 0.1) is 0 Å². The van der Waals surface area contributed by atoms with Crippen LogP contribution in [0.2, 0.25) is 0 Å². The maximum atomic E-state index is 10.5. The third-order valence-corrected chi connectivity index (χ3v) is 1.34. The first-order valence-electron chi connectivity index (χ1n) is 3.87. The fourth-order valence-electron chi connectivity index (χ4n) is 0.768. The average molecular weight is 159 g/mol. The molecule has 0 aromatic carbocycles. The fourth-order valence-corrected chi connectivity index (χ4v) is 0.768. The van der Waals surface area contributed by atoms with Crippen LogP contribution in [0.3, 0.4) is 0 Å². The van der Waals surface area contributed by atoms with Crippen LogP contribution in [0.5, 0.6) is 0 Å². The maximum absolute atomic E-state index is 10.5. The molecule has 0 heterocycles. The Labute approximate surface area is 67.3 Å². The van der Waals surface area contributed by atoms with Crippen LogP contribution in [0.1, 0.15) is 26.2 Å². The van der Waals surface area contributed by atoms with Gasteiger partial charge in [0.1, 0.15) is 12.1 Å². The molecule has 0 radical (unpaired) electrons. The highest BCUT2D eigenvalue weighted by atomic mass is 16.1. The summed E-state index contributed by atoms with van der Waals surface area (Å²) < 4.78 is 0. The number of ketones is 1. The van der Waals surface area contributed by atoms with Crippen molar-refractivity contribution in [2.45, 2.75) is 32.5 Å². The first-order valence-corrected chi connectivity index (χ1v) is 3.87. The van der Waals surface area contributed by atoms with E-state index in [0.29, 0.717) is 6.42 Å². The minimum absolute atomic E-state index is 0.238. The number of carbonyl (C=O) groups is 1. The SMILES string of the molecule is CC(=O)CCCCNC(N)N. The lowest BCUT2D eigenvalue weighted by atomic mass is 10.2. The van der Waals surface area contributed by atoms with Gasteiger partial charge in [0.25, 0.3) is 0 Å². The second-order valence-electron chi connectivity index (χ2n) is 2.64. The van der Waals surface area contributed by atoms with Gasteiger partial charge in [0.2, 0.25) is 0 Å². The van der Waals surface area contributed by atoms with E-state index in [1.165, 1.54) is 0 Å². The van der Waals surface area contributed by atoms with Crippen molar-refractivity contribution in [2.24, 2.45) is 11.5 Å². The molecule has 0 saturated heterocycles. The Morgan fingerprint density at radius 1 is 1.45 bits per heavy atom. The zero-order chi connectivity index (χ0) is 8.69. The number of nitrogens with one attached hydrogen (secondary N) is 1. The highest BCUT2D eigenvalue weighted by molar-refractivity contribution is 5.75. The van der Waals surface area contributed by atoms with E-state index in [2.05, 4.69) is 5.32 Å². The van der Waals surface area contributed by atoms with Crippen molar-refractivity contribution in [1.82, 2.24) is 5.32 Å². The number of carbonyl (C=O) groups excluding carboxylic acids is 1. The molecule has 66 valence electrons. The van der Waals surface area contributed by atoms with Crippen LogP contribution in [0.15, 0.2) is 0 Å². The predicted octanol–water partition coefficient (Wildman–Crippen LogP) is -0.464. The summed E-state index contributed by atoms with van der Waals surface area (Å²) in [7, 11) is 0. The lowest BCUT2D eigenvalue weighted by molar-refractivity contribution is -0.117. The third-order valence-electron chi connectivity index (χ3n) is 1.34. The number of unbranched alkanes of at least 4 members (excludes halogenated alkanes) is 1. The van der Waals surface area contributed by atoms with Crippen LogP contribution in [-0.2, 0) is 4.79 Å². The standard InChI is InChI=1S/C7H17N3O/c1-6(11)4-2-3-5-10-7(8)9/h7,10H,2-5,8-9H2,1H3. The molecule has 0 aromatic rings. The molecule has 4 nitrogen and oxygen atoms in total. The molecule has 4 heteroatoms. The number of nitrogens with two attached hydrogens (primary N) is 2. The normalized spacial score (nSPS) is 10.5. The Morgan fingerprint density at radius 2 is 2.09 bits per heavy atom. The largest absolute Gasteiger partial charge is 0.304 e. The smallest absolute Gasteiger partial charge is 0.129 e. The second-order valence-corrected chi connectivity index (χ2v) is 2.64. The zero-order valence-electron chi connectivity index (χ0n) is 6.97. The molecule has 0 unspecified atom stereocenters. The topological polar surface area (TPSA) is 81.1 Å². The molecule has 0 aliphatic heterocycles. The van der Waals surface area contributed by atoms with Crippen LogP contribution in [0.4, 0.5) is 0 Å². The van der Waals surface area contributed by atoms with Gasteiger partial charge in [-0.05, 0) is 26.3 Å². The Kier molecular flexibility index (Phi) is 6.02. The molecule has 0 aliphatic carbocycles. The number of Topliss-reactive ketones (excluding diaryl/α,β-unsaturated/α-hetero) is 1. The van der Waals surface area contributed by atoms with Crippen LogP contribution < -0.4 is 16.8 Å². The van der Waals surface area contributed by atoms with Crippen molar-refractivity contribution in [3.8, 4) is 0 Å². The van der Waals surface area contributed by atoms with Crippen molar-refractivity contribution in [1.29, 1.82) is 0 Å².